The van der Waals surface area contributed by atoms with Gasteiger partial charge in [0.25, 0.3) is 4.84 Å². The van der Waals surface area contributed by atoms with Crippen LogP contribution >= 0.6 is 12.2 Å². The van der Waals surface area contributed by atoms with Crippen molar-refractivity contribution in [3.05, 3.63) is 34.7 Å². The molecule has 2 N–H and O–H groups in total. The van der Waals surface area contributed by atoms with Gasteiger partial charge in [-0.15, -0.1) is 5.10 Å². The summed E-state index contributed by atoms with van der Waals surface area (Å²) >= 11 is 5.25. The van der Waals surface area contributed by atoms with Gasteiger partial charge >= 0.3 is 0 Å². The summed E-state index contributed by atoms with van der Waals surface area (Å²) in [5.41, 5.74) is 2.13. The summed E-state index contributed by atoms with van der Waals surface area (Å²) in [7, 11) is 0. The number of aliphatic hydroxyl groups is 1. The first-order chi connectivity index (χ1) is 10.1. The third-order valence-corrected chi connectivity index (χ3v) is 4.16. The summed E-state index contributed by atoms with van der Waals surface area (Å²) in [5, 5.41) is 14.2. The molecule has 0 saturated carbocycles. The summed E-state index contributed by atoms with van der Waals surface area (Å²) in [6.07, 6.45) is 1.71. The summed E-state index contributed by atoms with van der Waals surface area (Å²) in [5.74, 6) is 0.553. The van der Waals surface area contributed by atoms with Crippen LogP contribution < -0.4 is 4.90 Å². The molecule has 0 bridgehead atoms. The Bertz CT molecular complexity index is 662. The number of benzene rings is 1. The molecular formula is C15H20N3O2S+. The van der Waals surface area contributed by atoms with E-state index in [1.807, 2.05) is 31.2 Å². The molecule has 3 rings (SSSR count). The zero-order valence-corrected chi connectivity index (χ0v) is 12.9. The van der Waals surface area contributed by atoms with Crippen LogP contribution in [0.5, 0.6) is 0 Å². The van der Waals surface area contributed by atoms with Crippen molar-refractivity contribution in [3.63, 3.8) is 0 Å². The van der Waals surface area contributed by atoms with Crippen molar-refractivity contribution in [2.45, 2.75) is 32.5 Å². The molecule has 1 aromatic carbocycles. The van der Waals surface area contributed by atoms with Crippen LogP contribution in [-0.2, 0) is 6.67 Å². The molecule has 1 aromatic heterocycles. The standard InChI is InChI=1S/C15H19N3O2S/c1-11-4-6-12(7-5-11)14-16-18(15(21)20-14)10-17-8-2-3-13(19)9-17/h4-7,13,19H,2-3,8-10H2,1H3/p+1/t13-/m0/s1. The van der Waals surface area contributed by atoms with Crippen molar-refractivity contribution in [2.24, 2.45) is 0 Å². The Morgan fingerprint density at radius 3 is 2.90 bits per heavy atom. The summed E-state index contributed by atoms with van der Waals surface area (Å²) in [6, 6.07) is 8.02. The SMILES string of the molecule is Cc1ccc(-c2nn(C[NH+]3CCC[C@H](O)C3)c(=S)o2)cc1. The maximum Gasteiger partial charge on any atom is 0.292 e. The van der Waals surface area contributed by atoms with Crippen molar-refractivity contribution in [1.82, 2.24) is 9.78 Å². The van der Waals surface area contributed by atoms with Crippen LogP contribution in [0.25, 0.3) is 11.5 Å². The lowest BCUT2D eigenvalue weighted by molar-refractivity contribution is -0.931. The monoisotopic (exact) mass is 306 g/mol. The summed E-state index contributed by atoms with van der Waals surface area (Å²) < 4.78 is 7.32. The Morgan fingerprint density at radius 2 is 2.19 bits per heavy atom. The molecule has 5 nitrogen and oxygen atoms in total. The number of hydrogen-bond acceptors (Lipinski definition) is 4. The van der Waals surface area contributed by atoms with E-state index in [0.29, 0.717) is 17.4 Å². The van der Waals surface area contributed by atoms with Gasteiger partial charge in [0.2, 0.25) is 5.89 Å². The highest BCUT2D eigenvalue weighted by molar-refractivity contribution is 7.71. The van der Waals surface area contributed by atoms with E-state index in [0.717, 1.165) is 31.5 Å². The van der Waals surface area contributed by atoms with E-state index >= 15 is 0 Å². The molecule has 112 valence electrons. The molecule has 0 aliphatic carbocycles. The molecule has 0 spiro atoms. The van der Waals surface area contributed by atoms with Crippen molar-refractivity contribution in [2.75, 3.05) is 13.1 Å². The summed E-state index contributed by atoms with van der Waals surface area (Å²) in [6.45, 7) is 4.47. The fourth-order valence-electron chi connectivity index (χ4n) is 2.70. The van der Waals surface area contributed by atoms with Crippen molar-refractivity contribution >= 4 is 12.2 Å². The molecule has 1 unspecified atom stereocenters. The van der Waals surface area contributed by atoms with Crippen molar-refractivity contribution in [1.29, 1.82) is 0 Å². The van der Waals surface area contributed by atoms with E-state index in [1.165, 1.54) is 10.5 Å². The minimum atomic E-state index is -0.216. The topological polar surface area (TPSA) is 55.6 Å². The van der Waals surface area contributed by atoms with Gasteiger partial charge in [-0.2, -0.15) is 4.68 Å². The molecule has 1 aliphatic heterocycles. The second kappa shape index (κ2) is 6.09. The lowest BCUT2D eigenvalue weighted by atomic mass is 10.1. The normalized spacial score (nSPS) is 22.4. The number of nitrogens with zero attached hydrogens (tertiary/aromatic N) is 2. The second-order valence-corrected chi connectivity index (χ2v) is 6.05. The van der Waals surface area contributed by atoms with Gasteiger partial charge in [-0.05, 0) is 44.1 Å². The molecule has 2 atom stereocenters. The van der Waals surface area contributed by atoms with E-state index in [2.05, 4.69) is 5.10 Å². The highest BCUT2D eigenvalue weighted by atomic mass is 32.1. The largest absolute Gasteiger partial charge is 0.409 e. The van der Waals surface area contributed by atoms with Gasteiger partial charge in [0.15, 0.2) is 6.67 Å². The lowest BCUT2D eigenvalue weighted by Gasteiger charge is -2.26. The number of quaternary nitrogens is 1. The van der Waals surface area contributed by atoms with Crippen LogP contribution in [0.4, 0.5) is 0 Å². The highest BCUT2D eigenvalue weighted by Crippen LogP contribution is 2.17. The first kappa shape index (κ1) is 14.4. The summed E-state index contributed by atoms with van der Waals surface area (Å²) in [4.78, 5) is 1.67. The number of nitrogens with one attached hydrogen (secondary N) is 1. The molecule has 1 fully saturated rings. The fourth-order valence-corrected chi connectivity index (χ4v) is 2.88. The Balaban J connectivity index is 1.78. The minimum absolute atomic E-state index is 0.216. The molecule has 0 radical (unpaired) electrons. The average molecular weight is 306 g/mol. The average Bonchev–Trinajstić information content (AvgIpc) is 2.81. The number of aromatic nitrogens is 2. The van der Waals surface area contributed by atoms with Crippen molar-refractivity contribution in [3.8, 4) is 11.5 Å². The van der Waals surface area contributed by atoms with Crippen LogP contribution in [0.3, 0.4) is 0 Å². The third-order valence-electron chi connectivity index (χ3n) is 3.87. The van der Waals surface area contributed by atoms with Gasteiger partial charge in [0.1, 0.15) is 12.6 Å². The number of hydrogen-bond donors (Lipinski definition) is 2. The van der Waals surface area contributed by atoms with Crippen LogP contribution in [-0.4, -0.2) is 34.1 Å². The van der Waals surface area contributed by atoms with Gasteiger partial charge in [-0.3, -0.25) is 0 Å². The molecule has 6 heteroatoms. The number of aliphatic hydroxyl groups excluding tert-OH is 1. The molecule has 1 aliphatic rings. The Morgan fingerprint density at radius 1 is 1.43 bits per heavy atom. The number of likely N-dealkylation sites (tertiary alicyclic amines) is 1. The van der Waals surface area contributed by atoms with Crippen LogP contribution in [0.15, 0.2) is 28.7 Å². The van der Waals surface area contributed by atoms with Gasteiger partial charge in [-0.25, -0.2) is 0 Å². The predicted octanol–water partition coefficient (Wildman–Crippen LogP) is 1.18. The van der Waals surface area contributed by atoms with E-state index in [4.69, 9.17) is 16.6 Å². The Kier molecular flexibility index (Phi) is 4.19. The second-order valence-electron chi connectivity index (χ2n) is 5.70. The Hall–Kier alpha value is -1.50. The first-order valence-corrected chi connectivity index (χ1v) is 7.69. The number of piperidine rings is 1. The molecular weight excluding hydrogens is 286 g/mol. The maximum atomic E-state index is 9.74. The van der Waals surface area contributed by atoms with Crippen LogP contribution in [0.1, 0.15) is 18.4 Å². The number of aryl methyl sites for hydroxylation is 1. The highest BCUT2D eigenvalue weighted by Gasteiger charge is 2.22. The van der Waals surface area contributed by atoms with E-state index in [9.17, 15) is 5.11 Å². The van der Waals surface area contributed by atoms with Gasteiger partial charge in [0, 0.05) is 5.56 Å². The van der Waals surface area contributed by atoms with Gasteiger partial charge in [0.05, 0.1) is 6.54 Å². The number of rotatable bonds is 3. The van der Waals surface area contributed by atoms with Crippen molar-refractivity contribution < 1.29 is 14.4 Å². The third kappa shape index (κ3) is 3.40. The fraction of sp³-hybridized carbons (Fsp3) is 0.467. The van der Waals surface area contributed by atoms with E-state index in [-0.39, 0.29) is 6.10 Å². The zero-order chi connectivity index (χ0) is 14.8. The maximum absolute atomic E-state index is 9.74. The van der Waals surface area contributed by atoms with Crippen LogP contribution in [0.2, 0.25) is 0 Å². The molecule has 21 heavy (non-hydrogen) atoms. The molecule has 0 amide bonds. The first-order valence-electron chi connectivity index (χ1n) is 7.28. The molecule has 2 aromatic rings. The van der Waals surface area contributed by atoms with E-state index < -0.39 is 0 Å². The quantitative estimate of drug-likeness (QED) is 0.836. The van der Waals surface area contributed by atoms with Gasteiger partial charge < -0.3 is 14.4 Å². The minimum Gasteiger partial charge on any atom is -0.409 e. The zero-order valence-electron chi connectivity index (χ0n) is 12.1. The molecule has 1 saturated heterocycles. The van der Waals surface area contributed by atoms with Crippen LogP contribution in [0, 0.1) is 11.8 Å². The lowest BCUT2D eigenvalue weighted by Crippen LogP contribution is -3.13. The molecule has 2 heterocycles. The Labute approximate surface area is 128 Å². The smallest absolute Gasteiger partial charge is 0.292 e. The van der Waals surface area contributed by atoms with E-state index in [1.54, 1.807) is 4.68 Å². The predicted molar refractivity (Wildman–Crippen MR) is 81.4 cm³/mol. The van der Waals surface area contributed by atoms with Gasteiger partial charge in [-0.1, -0.05) is 17.7 Å².